The van der Waals surface area contributed by atoms with Gasteiger partial charge < -0.3 is 19.7 Å². The number of nitriles is 1. The highest BCUT2D eigenvalue weighted by molar-refractivity contribution is 5.92. The second kappa shape index (κ2) is 9.86. The molecule has 1 saturated heterocycles. The van der Waals surface area contributed by atoms with Crippen LogP contribution in [0.3, 0.4) is 0 Å². The molecule has 1 aliphatic heterocycles. The molecule has 0 spiro atoms. The molecule has 1 atom stereocenters. The Hall–Kier alpha value is -2.43. The first-order chi connectivity index (χ1) is 14.0. The Balaban J connectivity index is 1.52. The molecule has 3 rings (SSSR count). The molecule has 7 nitrogen and oxygen atoms in total. The van der Waals surface area contributed by atoms with Crippen molar-refractivity contribution in [3.05, 3.63) is 35.4 Å². The van der Waals surface area contributed by atoms with Crippen molar-refractivity contribution in [3.8, 4) is 6.07 Å². The first-order valence-corrected chi connectivity index (χ1v) is 10.5. The first kappa shape index (κ1) is 21.3. The van der Waals surface area contributed by atoms with Crippen molar-refractivity contribution in [2.75, 3.05) is 26.3 Å². The van der Waals surface area contributed by atoms with Gasteiger partial charge in [0.2, 0.25) is 0 Å². The van der Waals surface area contributed by atoms with Crippen LogP contribution >= 0.6 is 0 Å². The summed E-state index contributed by atoms with van der Waals surface area (Å²) >= 11 is 0. The number of esters is 1. The molecule has 1 aromatic rings. The van der Waals surface area contributed by atoms with Crippen LogP contribution in [0.5, 0.6) is 0 Å². The van der Waals surface area contributed by atoms with Gasteiger partial charge in [-0.2, -0.15) is 5.26 Å². The lowest BCUT2D eigenvalue weighted by atomic mass is 9.83. The third kappa shape index (κ3) is 5.78. The van der Waals surface area contributed by atoms with Gasteiger partial charge in [-0.25, -0.2) is 4.79 Å². The molecule has 1 aromatic carbocycles. The van der Waals surface area contributed by atoms with Gasteiger partial charge in [-0.3, -0.25) is 4.79 Å². The summed E-state index contributed by atoms with van der Waals surface area (Å²) in [5.41, 5.74) is 0.731. The molecular weight excluding hydrogens is 370 g/mol. The van der Waals surface area contributed by atoms with E-state index in [2.05, 4.69) is 11.4 Å². The first-order valence-electron chi connectivity index (χ1n) is 10.5. The monoisotopic (exact) mass is 400 g/mol. The average Bonchev–Trinajstić information content (AvgIpc) is 2.75. The van der Waals surface area contributed by atoms with Gasteiger partial charge in [-0.1, -0.05) is 31.4 Å². The van der Waals surface area contributed by atoms with Crippen molar-refractivity contribution in [2.24, 2.45) is 0 Å². The normalized spacial score (nSPS) is 20.3. The summed E-state index contributed by atoms with van der Waals surface area (Å²) in [7, 11) is 0. The Kier molecular flexibility index (Phi) is 7.24. The molecule has 1 heterocycles. The Morgan fingerprint density at radius 2 is 1.86 bits per heavy atom. The van der Waals surface area contributed by atoms with Gasteiger partial charge in [0.25, 0.3) is 5.91 Å². The third-order valence-corrected chi connectivity index (χ3v) is 5.78. The highest BCUT2D eigenvalue weighted by Gasteiger charge is 2.35. The van der Waals surface area contributed by atoms with Crippen LogP contribution in [0, 0.1) is 11.3 Å². The molecule has 1 saturated carbocycles. The van der Waals surface area contributed by atoms with Crippen LogP contribution in [0.1, 0.15) is 54.9 Å². The Morgan fingerprint density at radius 3 is 2.48 bits per heavy atom. The minimum atomic E-state index is -0.952. The number of rotatable bonds is 6. The molecule has 1 aliphatic carbocycles. The maximum absolute atomic E-state index is 12.5. The largest absolute Gasteiger partial charge is 0.449 e. The molecule has 7 heteroatoms. The minimum absolute atomic E-state index is 0.415. The topological polar surface area (TPSA) is 92.9 Å². The molecule has 2 aliphatic rings. The van der Waals surface area contributed by atoms with Crippen molar-refractivity contribution in [1.29, 1.82) is 5.26 Å². The van der Waals surface area contributed by atoms with E-state index in [1.54, 1.807) is 12.1 Å². The van der Waals surface area contributed by atoms with Gasteiger partial charge in [0.05, 0.1) is 24.8 Å². The summed E-state index contributed by atoms with van der Waals surface area (Å²) < 4.78 is 10.7. The number of nitrogens with one attached hydrogen (secondary N) is 2. The van der Waals surface area contributed by atoms with E-state index in [4.69, 9.17) is 9.47 Å². The summed E-state index contributed by atoms with van der Waals surface area (Å²) in [5.74, 6) is -0.957. The fourth-order valence-corrected chi connectivity index (χ4v) is 3.92. The summed E-state index contributed by atoms with van der Waals surface area (Å²) in [4.78, 5) is 26.3. The smallest absolute Gasteiger partial charge is 0.338 e. The van der Waals surface area contributed by atoms with Gasteiger partial charge >= 0.3 is 5.97 Å². The highest BCUT2D eigenvalue weighted by Crippen LogP contribution is 2.27. The SMILES string of the molecule is C[C@H](OC(=O)c1ccc(C[NH+]2CCOCC2)cc1)C(=O)NC1(C#N)CCCCC1. The average molecular weight is 400 g/mol. The number of hydrogen-bond acceptors (Lipinski definition) is 5. The van der Waals surface area contributed by atoms with Gasteiger partial charge in [0.15, 0.2) is 6.10 Å². The Morgan fingerprint density at radius 1 is 1.21 bits per heavy atom. The fraction of sp³-hybridized carbons (Fsp3) is 0.591. The molecule has 0 bridgehead atoms. The van der Waals surface area contributed by atoms with Crippen LogP contribution in [0.25, 0.3) is 0 Å². The number of benzene rings is 1. The molecule has 29 heavy (non-hydrogen) atoms. The van der Waals surface area contributed by atoms with E-state index in [1.807, 2.05) is 12.1 Å². The molecule has 0 unspecified atom stereocenters. The van der Waals surface area contributed by atoms with Crippen LogP contribution in [-0.4, -0.2) is 49.8 Å². The number of ether oxygens (including phenoxy) is 2. The van der Waals surface area contributed by atoms with Crippen molar-refractivity contribution < 1.29 is 24.0 Å². The zero-order valence-electron chi connectivity index (χ0n) is 17.0. The second-order valence-electron chi connectivity index (χ2n) is 8.03. The molecule has 1 amide bonds. The maximum atomic E-state index is 12.5. The lowest BCUT2D eigenvalue weighted by Crippen LogP contribution is -3.12. The standard InChI is InChI=1S/C22H29N3O4/c1-17(20(26)24-22(16-23)9-3-2-4-10-22)29-21(27)19-7-5-18(6-8-19)15-25-11-13-28-14-12-25/h5-8,17H,2-4,9-15H2,1H3,(H,24,26)/p+1/t17-/m0/s1. The number of hydrogen-bond donors (Lipinski definition) is 2. The maximum Gasteiger partial charge on any atom is 0.338 e. The van der Waals surface area contributed by atoms with E-state index in [1.165, 1.54) is 11.8 Å². The van der Waals surface area contributed by atoms with E-state index in [0.717, 1.165) is 57.7 Å². The molecule has 156 valence electrons. The lowest BCUT2D eigenvalue weighted by molar-refractivity contribution is -0.921. The van der Waals surface area contributed by atoms with E-state index in [9.17, 15) is 14.9 Å². The van der Waals surface area contributed by atoms with Gasteiger partial charge in [0.1, 0.15) is 25.2 Å². The van der Waals surface area contributed by atoms with Crippen molar-refractivity contribution in [3.63, 3.8) is 0 Å². The van der Waals surface area contributed by atoms with Gasteiger partial charge in [-0.15, -0.1) is 0 Å². The lowest BCUT2D eigenvalue weighted by Gasteiger charge is -2.32. The van der Waals surface area contributed by atoms with E-state index in [-0.39, 0.29) is 0 Å². The van der Waals surface area contributed by atoms with Crippen molar-refractivity contribution in [1.82, 2.24) is 5.32 Å². The van der Waals surface area contributed by atoms with Gasteiger partial charge in [0, 0.05) is 5.56 Å². The van der Waals surface area contributed by atoms with E-state index >= 15 is 0 Å². The molecule has 0 radical (unpaired) electrons. The van der Waals surface area contributed by atoms with E-state index in [0.29, 0.717) is 18.4 Å². The highest BCUT2D eigenvalue weighted by atomic mass is 16.5. The molecular formula is C22H30N3O4+. The van der Waals surface area contributed by atoms with Crippen molar-refractivity contribution in [2.45, 2.75) is 57.2 Å². The summed E-state index contributed by atoms with van der Waals surface area (Å²) in [6.45, 7) is 5.98. The quantitative estimate of drug-likeness (QED) is 0.695. The predicted molar refractivity (Wildman–Crippen MR) is 106 cm³/mol. The zero-order valence-corrected chi connectivity index (χ0v) is 17.0. The Bertz CT molecular complexity index is 744. The molecule has 2 fully saturated rings. The second-order valence-corrected chi connectivity index (χ2v) is 8.03. The van der Waals surface area contributed by atoms with Crippen molar-refractivity contribution >= 4 is 11.9 Å². The summed E-state index contributed by atoms with van der Waals surface area (Å²) in [6, 6.07) is 9.57. The summed E-state index contributed by atoms with van der Waals surface area (Å²) in [5, 5.41) is 12.3. The molecule has 2 N–H and O–H groups in total. The number of morpholine rings is 1. The van der Waals surface area contributed by atoms with Crippen LogP contribution in [-0.2, 0) is 20.8 Å². The number of nitrogens with zero attached hydrogens (tertiary/aromatic N) is 1. The number of carbonyl (C=O) groups is 2. The van der Waals surface area contributed by atoms with Crippen LogP contribution in [0.2, 0.25) is 0 Å². The fourth-order valence-electron chi connectivity index (χ4n) is 3.92. The third-order valence-electron chi connectivity index (χ3n) is 5.78. The minimum Gasteiger partial charge on any atom is -0.449 e. The number of quaternary nitrogens is 1. The Labute approximate surface area is 172 Å². The van der Waals surface area contributed by atoms with Gasteiger partial charge in [-0.05, 0) is 31.9 Å². The zero-order chi connectivity index (χ0) is 20.7. The predicted octanol–water partition coefficient (Wildman–Crippen LogP) is 0.990. The van der Waals surface area contributed by atoms with Crippen LogP contribution in [0.15, 0.2) is 24.3 Å². The van der Waals surface area contributed by atoms with E-state index < -0.39 is 23.5 Å². The molecule has 0 aromatic heterocycles. The summed E-state index contributed by atoms with van der Waals surface area (Å²) in [6.07, 6.45) is 3.24. The number of amides is 1. The van der Waals surface area contributed by atoms with Crippen LogP contribution < -0.4 is 10.2 Å². The van der Waals surface area contributed by atoms with Crippen LogP contribution in [0.4, 0.5) is 0 Å². The number of carbonyl (C=O) groups excluding carboxylic acids is 2.